The Morgan fingerprint density at radius 3 is 2.50 bits per heavy atom. The van der Waals surface area contributed by atoms with Crippen LogP contribution in [0.1, 0.15) is 67.4 Å². The maximum atomic E-state index is 12.9. The van der Waals surface area contributed by atoms with Gasteiger partial charge in [0.05, 0.1) is 23.9 Å². The minimum atomic E-state index is -4.07. The quantitative estimate of drug-likeness (QED) is 0.768. The van der Waals surface area contributed by atoms with Crippen molar-refractivity contribution in [3.05, 3.63) is 29.2 Å². The zero-order valence-electron chi connectivity index (χ0n) is 14.9. The van der Waals surface area contributed by atoms with Gasteiger partial charge in [-0.15, -0.1) is 0 Å². The fourth-order valence-corrected chi connectivity index (χ4v) is 4.33. The molecule has 2 aromatic heterocycles. The molecule has 0 unspecified atom stereocenters. The molecule has 3 heterocycles. The largest absolute Gasteiger partial charge is 0.391 e. The molecule has 1 aliphatic carbocycles. The van der Waals surface area contributed by atoms with Gasteiger partial charge in [-0.1, -0.05) is 0 Å². The van der Waals surface area contributed by atoms with Gasteiger partial charge in [-0.25, -0.2) is 9.50 Å². The molecular formula is C19H24F3N3O. The Morgan fingerprint density at radius 1 is 1.08 bits per heavy atom. The molecule has 7 heteroatoms. The topological polar surface area (TPSA) is 39.4 Å². The second-order valence-corrected chi connectivity index (χ2v) is 7.67. The molecule has 4 rings (SSSR count). The minimum Gasteiger partial charge on any atom is -0.381 e. The molecular weight excluding hydrogens is 343 g/mol. The summed E-state index contributed by atoms with van der Waals surface area (Å²) < 4.78 is 46.2. The molecule has 0 bridgehead atoms. The monoisotopic (exact) mass is 367 g/mol. The van der Waals surface area contributed by atoms with Crippen LogP contribution in [0.15, 0.2) is 12.1 Å². The molecule has 0 N–H and O–H groups in total. The Labute approximate surface area is 150 Å². The van der Waals surface area contributed by atoms with Gasteiger partial charge in [0, 0.05) is 30.2 Å². The van der Waals surface area contributed by atoms with Crippen LogP contribution in [0.5, 0.6) is 0 Å². The Hall–Kier alpha value is -1.63. The predicted octanol–water partition coefficient (Wildman–Crippen LogP) is 4.77. The van der Waals surface area contributed by atoms with Crippen LogP contribution in [0.2, 0.25) is 0 Å². The van der Waals surface area contributed by atoms with Gasteiger partial charge in [0.1, 0.15) is 0 Å². The summed E-state index contributed by atoms with van der Waals surface area (Å²) in [5.41, 5.74) is 3.70. The molecule has 1 atom stereocenters. The second-order valence-electron chi connectivity index (χ2n) is 7.67. The highest BCUT2D eigenvalue weighted by molar-refractivity contribution is 5.43. The van der Waals surface area contributed by atoms with E-state index in [-0.39, 0.29) is 18.8 Å². The number of nitrogens with zero attached hydrogens (tertiary/aromatic N) is 3. The third-order valence-electron chi connectivity index (χ3n) is 5.79. The van der Waals surface area contributed by atoms with Gasteiger partial charge < -0.3 is 4.74 Å². The molecule has 0 amide bonds. The Bertz CT molecular complexity index is 772. The zero-order valence-corrected chi connectivity index (χ0v) is 14.9. The maximum Gasteiger partial charge on any atom is 0.391 e. The van der Waals surface area contributed by atoms with E-state index in [1.54, 1.807) is 0 Å². The van der Waals surface area contributed by atoms with E-state index in [9.17, 15) is 13.2 Å². The van der Waals surface area contributed by atoms with E-state index in [0.717, 1.165) is 42.2 Å². The molecule has 2 fully saturated rings. The molecule has 1 aliphatic heterocycles. The zero-order chi connectivity index (χ0) is 18.3. The molecule has 2 aromatic rings. The van der Waals surface area contributed by atoms with E-state index in [1.807, 2.05) is 17.5 Å². The van der Waals surface area contributed by atoms with Crippen LogP contribution in [0.3, 0.4) is 0 Å². The van der Waals surface area contributed by atoms with E-state index in [2.05, 4.69) is 11.1 Å². The van der Waals surface area contributed by atoms with Crippen LogP contribution in [0.4, 0.5) is 13.2 Å². The number of hydrogen-bond donors (Lipinski definition) is 0. The number of aromatic nitrogens is 3. The van der Waals surface area contributed by atoms with Crippen molar-refractivity contribution in [3.8, 4) is 0 Å². The van der Waals surface area contributed by atoms with Crippen LogP contribution >= 0.6 is 0 Å². The van der Waals surface area contributed by atoms with Crippen molar-refractivity contribution in [2.24, 2.45) is 5.92 Å². The Morgan fingerprint density at radius 2 is 1.85 bits per heavy atom. The molecule has 26 heavy (non-hydrogen) atoms. The van der Waals surface area contributed by atoms with E-state index in [0.29, 0.717) is 25.4 Å². The lowest BCUT2D eigenvalue weighted by molar-refractivity contribution is -0.182. The van der Waals surface area contributed by atoms with Crippen LogP contribution < -0.4 is 0 Å². The summed E-state index contributed by atoms with van der Waals surface area (Å²) >= 11 is 0. The average Bonchev–Trinajstić information content (AvgIpc) is 3.05. The van der Waals surface area contributed by atoms with Gasteiger partial charge in [0.15, 0.2) is 5.65 Å². The van der Waals surface area contributed by atoms with Gasteiger partial charge in [-0.2, -0.15) is 18.3 Å². The molecule has 0 aromatic carbocycles. The van der Waals surface area contributed by atoms with E-state index < -0.39 is 12.1 Å². The van der Waals surface area contributed by atoms with Crippen LogP contribution in [-0.2, 0) is 4.74 Å². The number of hydrogen-bond acceptors (Lipinski definition) is 3. The Kier molecular flexibility index (Phi) is 4.67. The number of fused-ring (bicyclic) bond motifs is 1. The van der Waals surface area contributed by atoms with Crippen molar-refractivity contribution in [2.75, 3.05) is 13.2 Å². The first-order valence-electron chi connectivity index (χ1n) is 9.43. The highest BCUT2D eigenvalue weighted by Crippen LogP contribution is 2.42. The van der Waals surface area contributed by atoms with Gasteiger partial charge in [0.2, 0.25) is 0 Å². The van der Waals surface area contributed by atoms with Crippen molar-refractivity contribution in [3.63, 3.8) is 0 Å². The number of aryl methyl sites for hydroxylation is 1. The van der Waals surface area contributed by atoms with Crippen LogP contribution in [-0.4, -0.2) is 34.0 Å². The van der Waals surface area contributed by atoms with Crippen LogP contribution in [0.25, 0.3) is 5.65 Å². The van der Waals surface area contributed by atoms with Gasteiger partial charge >= 0.3 is 6.18 Å². The lowest BCUT2D eigenvalue weighted by Gasteiger charge is -2.28. The summed E-state index contributed by atoms with van der Waals surface area (Å²) in [6, 6.07) is 4.02. The number of halogens is 3. The molecule has 142 valence electrons. The van der Waals surface area contributed by atoms with Crippen LogP contribution in [0, 0.1) is 12.8 Å². The smallest absolute Gasteiger partial charge is 0.381 e. The van der Waals surface area contributed by atoms with Crippen molar-refractivity contribution in [1.29, 1.82) is 0 Å². The molecule has 1 saturated heterocycles. The third-order valence-corrected chi connectivity index (χ3v) is 5.79. The first-order valence-corrected chi connectivity index (χ1v) is 9.43. The minimum absolute atomic E-state index is 0.0889. The second kappa shape index (κ2) is 6.83. The summed E-state index contributed by atoms with van der Waals surface area (Å²) in [5, 5.41) is 4.76. The molecule has 0 spiro atoms. The summed E-state index contributed by atoms with van der Waals surface area (Å²) in [7, 11) is 0. The summed E-state index contributed by atoms with van der Waals surface area (Å²) in [6.45, 7) is 3.45. The van der Waals surface area contributed by atoms with E-state index >= 15 is 0 Å². The number of ether oxygens (including phenoxy) is 1. The first kappa shape index (κ1) is 17.8. The van der Waals surface area contributed by atoms with Crippen molar-refractivity contribution in [2.45, 2.75) is 63.5 Å². The predicted molar refractivity (Wildman–Crippen MR) is 91.3 cm³/mol. The van der Waals surface area contributed by atoms with Crippen molar-refractivity contribution in [1.82, 2.24) is 14.6 Å². The first-order chi connectivity index (χ1) is 12.4. The molecule has 4 nitrogen and oxygen atoms in total. The SMILES string of the molecule is Cc1cc([C@@H]2CCCOC2)n2nc([C@H]3CC[C@H](C(F)(F)F)CC3)cc2n1. The van der Waals surface area contributed by atoms with E-state index in [4.69, 9.17) is 9.84 Å². The lowest BCUT2D eigenvalue weighted by atomic mass is 9.80. The molecule has 2 aliphatic rings. The standard InChI is InChI=1S/C19H24F3N3O/c1-12-9-17(14-3-2-8-26-11-14)25-18(23-12)10-16(24-25)13-4-6-15(7-5-13)19(20,21)22/h9-10,13-15H,2-8,11H2,1H3/t13-,14-,15-/m1/s1. The van der Waals surface area contributed by atoms with Crippen molar-refractivity contribution < 1.29 is 17.9 Å². The number of rotatable bonds is 2. The van der Waals surface area contributed by atoms with Gasteiger partial charge in [0.25, 0.3) is 0 Å². The fourth-order valence-electron chi connectivity index (χ4n) is 4.33. The highest BCUT2D eigenvalue weighted by atomic mass is 19.4. The lowest BCUT2D eigenvalue weighted by Crippen LogP contribution is -2.27. The average molecular weight is 367 g/mol. The summed E-state index contributed by atoms with van der Waals surface area (Å²) in [6.07, 6.45) is -0.524. The van der Waals surface area contributed by atoms with Gasteiger partial charge in [-0.3, -0.25) is 0 Å². The maximum absolute atomic E-state index is 12.9. The summed E-state index contributed by atoms with van der Waals surface area (Å²) in [4.78, 5) is 4.58. The highest BCUT2D eigenvalue weighted by Gasteiger charge is 2.42. The normalized spacial score (nSPS) is 27.8. The van der Waals surface area contributed by atoms with Crippen molar-refractivity contribution >= 4 is 5.65 Å². The fraction of sp³-hybridized carbons (Fsp3) is 0.684. The number of alkyl halides is 3. The summed E-state index contributed by atoms with van der Waals surface area (Å²) in [5.74, 6) is -0.779. The molecule has 1 saturated carbocycles. The molecule has 0 radical (unpaired) electrons. The van der Waals surface area contributed by atoms with Gasteiger partial charge in [-0.05, 0) is 51.5 Å². The Balaban J connectivity index is 1.60. The third kappa shape index (κ3) is 3.46. The van der Waals surface area contributed by atoms with E-state index in [1.165, 1.54) is 0 Å².